The third-order valence-corrected chi connectivity index (χ3v) is 3.46. The molecular weight excluding hydrogens is 214 g/mol. The van der Waals surface area contributed by atoms with E-state index in [1.54, 1.807) is 0 Å². The molecule has 0 saturated heterocycles. The van der Waals surface area contributed by atoms with E-state index < -0.39 is 0 Å². The lowest BCUT2D eigenvalue weighted by atomic mass is 9.82. The fraction of sp³-hybridized carbons (Fsp3) is 0.714. The van der Waals surface area contributed by atoms with Crippen LogP contribution in [0.5, 0.6) is 0 Å². The van der Waals surface area contributed by atoms with Gasteiger partial charge in [-0.3, -0.25) is 0 Å². The van der Waals surface area contributed by atoms with Crippen molar-refractivity contribution in [2.24, 2.45) is 5.41 Å². The summed E-state index contributed by atoms with van der Waals surface area (Å²) in [5, 5.41) is 5.81. The topological polar surface area (TPSA) is 12.0 Å². The molecule has 1 aromatic rings. The molecule has 92 valence electrons. The van der Waals surface area contributed by atoms with E-state index in [9.17, 15) is 0 Å². The van der Waals surface area contributed by atoms with Crippen LogP contribution in [-0.2, 0) is 6.42 Å². The zero-order valence-corrected chi connectivity index (χ0v) is 12.1. The van der Waals surface area contributed by atoms with E-state index in [1.807, 2.05) is 11.3 Å². The zero-order chi connectivity index (χ0) is 12.2. The van der Waals surface area contributed by atoms with Gasteiger partial charge in [-0.05, 0) is 43.6 Å². The number of rotatable bonds is 5. The fourth-order valence-electron chi connectivity index (χ4n) is 2.37. The van der Waals surface area contributed by atoms with Crippen molar-refractivity contribution in [2.45, 2.75) is 53.0 Å². The van der Waals surface area contributed by atoms with Crippen molar-refractivity contribution in [3.8, 4) is 0 Å². The lowest BCUT2D eigenvalue weighted by Crippen LogP contribution is -2.43. The van der Waals surface area contributed by atoms with Crippen molar-refractivity contribution in [1.82, 2.24) is 5.32 Å². The molecule has 0 aromatic carbocycles. The van der Waals surface area contributed by atoms with E-state index in [1.165, 1.54) is 11.3 Å². The van der Waals surface area contributed by atoms with Gasteiger partial charge in [-0.15, -0.1) is 11.3 Å². The van der Waals surface area contributed by atoms with Gasteiger partial charge in [0, 0.05) is 17.0 Å². The minimum absolute atomic E-state index is 0.232. The van der Waals surface area contributed by atoms with Crippen molar-refractivity contribution < 1.29 is 0 Å². The van der Waals surface area contributed by atoms with Crippen molar-refractivity contribution in [3.05, 3.63) is 22.4 Å². The number of hydrogen-bond acceptors (Lipinski definition) is 2. The first-order chi connectivity index (χ1) is 7.29. The summed E-state index contributed by atoms with van der Waals surface area (Å²) in [4.78, 5) is 1.47. The highest BCUT2D eigenvalue weighted by Crippen LogP contribution is 2.26. The SMILES string of the molecule is CC(C)(C)CC(C)(C)NCCc1cccs1. The summed E-state index contributed by atoms with van der Waals surface area (Å²) >= 11 is 1.85. The van der Waals surface area contributed by atoms with E-state index in [-0.39, 0.29) is 5.54 Å². The Balaban J connectivity index is 2.31. The summed E-state index contributed by atoms with van der Waals surface area (Å²) < 4.78 is 0. The molecule has 1 nitrogen and oxygen atoms in total. The van der Waals surface area contributed by atoms with Crippen LogP contribution < -0.4 is 5.32 Å². The summed E-state index contributed by atoms with van der Waals surface area (Å²) in [6.45, 7) is 12.6. The molecule has 1 heterocycles. The highest BCUT2D eigenvalue weighted by atomic mass is 32.1. The minimum atomic E-state index is 0.232. The Labute approximate surface area is 104 Å². The van der Waals surface area contributed by atoms with Crippen LogP contribution in [0.1, 0.15) is 45.9 Å². The molecule has 1 aromatic heterocycles. The van der Waals surface area contributed by atoms with E-state index in [2.05, 4.69) is 57.4 Å². The van der Waals surface area contributed by atoms with Gasteiger partial charge < -0.3 is 5.32 Å². The molecule has 0 radical (unpaired) electrons. The molecule has 16 heavy (non-hydrogen) atoms. The second-order valence-corrected chi connectivity index (χ2v) is 7.41. The van der Waals surface area contributed by atoms with Crippen molar-refractivity contribution >= 4 is 11.3 Å². The van der Waals surface area contributed by atoms with Crippen molar-refractivity contribution in [1.29, 1.82) is 0 Å². The maximum Gasteiger partial charge on any atom is 0.0130 e. The fourth-order valence-corrected chi connectivity index (χ4v) is 3.08. The van der Waals surface area contributed by atoms with Crippen LogP contribution in [0.2, 0.25) is 0 Å². The van der Waals surface area contributed by atoms with Crippen molar-refractivity contribution in [3.63, 3.8) is 0 Å². The Morgan fingerprint density at radius 2 is 1.88 bits per heavy atom. The van der Waals surface area contributed by atoms with Gasteiger partial charge in [0.05, 0.1) is 0 Å². The van der Waals surface area contributed by atoms with Gasteiger partial charge in [-0.2, -0.15) is 0 Å². The monoisotopic (exact) mass is 239 g/mol. The van der Waals surface area contributed by atoms with Gasteiger partial charge in [-0.25, -0.2) is 0 Å². The molecule has 0 aliphatic carbocycles. The Hall–Kier alpha value is -0.340. The first kappa shape index (κ1) is 13.7. The Morgan fingerprint density at radius 1 is 1.19 bits per heavy atom. The van der Waals surface area contributed by atoms with E-state index in [0.717, 1.165) is 13.0 Å². The highest BCUT2D eigenvalue weighted by molar-refractivity contribution is 7.09. The maximum atomic E-state index is 3.66. The van der Waals surface area contributed by atoms with Gasteiger partial charge in [0.1, 0.15) is 0 Å². The van der Waals surface area contributed by atoms with Crippen molar-refractivity contribution in [2.75, 3.05) is 6.54 Å². The normalized spacial score (nSPS) is 13.1. The summed E-state index contributed by atoms with van der Waals surface area (Å²) in [5.41, 5.74) is 0.620. The second-order valence-electron chi connectivity index (χ2n) is 6.38. The predicted octanol–water partition coefficient (Wildman–Crippen LogP) is 4.10. The Bertz CT molecular complexity index is 293. The van der Waals surface area contributed by atoms with Crippen LogP contribution in [0.4, 0.5) is 0 Å². The summed E-state index contributed by atoms with van der Waals surface area (Å²) in [5.74, 6) is 0. The molecule has 0 fully saturated rings. The molecule has 0 spiro atoms. The molecule has 0 bridgehead atoms. The molecule has 2 heteroatoms. The zero-order valence-electron chi connectivity index (χ0n) is 11.3. The smallest absolute Gasteiger partial charge is 0.0130 e. The molecule has 0 unspecified atom stereocenters. The molecule has 0 amide bonds. The van der Waals surface area contributed by atoms with Crippen LogP contribution in [0.3, 0.4) is 0 Å². The first-order valence-electron chi connectivity index (χ1n) is 6.06. The maximum absolute atomic E-state index is 3.66. The van der Waals surface area contributed by atoms with Gasteiger partial charge in [-0.1, -0.05) is 26.8 Å². The molecule has 0 aliphatic rings. The van der Waals surface area contributed by atoms with E-state index >= 15 is 0 Å². The van der Waals surface area contributed by atoms with Crippen LogP contribution in [0.15, 0.2) is 17.5 Å². The summed E-state index contributed by atoms with van der Waals surface area (Å²) in [6, 6.07) is 4.34. The second kappa shape index (κ2) is 5.33. The predicted molar refractivity (Wildman–Crippen MR) is 74.2 cm³/mol. The Kier molecular flexibility index (Phi) is 4.57. The number of nitrogens with one attached hydrogen (secondary N) is 1. The molecule has 0 atom stereocenters. The largest absolute Gasteiger partial charge is 0.311 e. The van der Waals surface area contributed by atoms with Crippen LogP contribution in [0.25, 0.3) is 0 Å². The molecule has 1 rings (SSSR count). The lowest BCUT2D eigenvalue weighted by molar-refractivity contribution is 0.243. The molecule has 1 N–H and O–H groups in total. The minimum Gasteiger partial charge on any atom is -0.311 e. The molecular formula is C14H25NS. The summed E-state index contributed by atoms with van der Waals surface area (Å²) in [6.07, 6.45) is 2.34. The average molecular weight is 239 g/mol. The third kappa shape index (κ3) is 5.66. The van der Waals surface area contributed by atoms with Gasteiger partial charge >= 0.3 is 0 Å². The van der Waals surface area contributed by atoms with E-state index in [0.29, 0.717) is 5.41 Å². The molecule has 0 saturated carbocycles. The van der Waals surface area contributed by atoms with E-state index in [4.69, 9.17) is 0 Å². The third-order valence-electron chi connectivity index (χ3n) is 2.53. The number of thiophene rings is 1. The highest BCUT2D eigenvalue weighted by Gasteiger charge is 2.24. The van der Waals surface area contributed by atoms with Crippen LogP contribution in [-0.4, -0.2) is 12.1 Å². The number of hydrogen-bond donors (Lipinski definition) is 1. The summed E-state index contributed by atoms with van der Waals surface area (Å²) in [7, 11) is 0. The van der Waals surface area contributed by atoms with Gasteiger partial charge in [0.2, 0.25) is 0 Å². The van der Waals surface area contributed by atoms with Crippen LogP contribution in [0, 0.1) is 5.41 Å². The molecule has 0 aliphatic heterocycles. The average Bonchev–Trinajstić information content (AvgIpc) is 2.51. The standard InChI is InChI=1S/C14H25NS/c1-13(2,3)11-14(4,5)15-9-8-12-7-6-10-16-12/h6-7,10,15H,8-9,11H2,1-5H3. The van der Waals surface area contributed by atoms with Gasteiger partial charge in [0.15, 0.2) is 0 Å². The lowest BCUT2D eigenvalue weighted by Gasteiger charge is -2.33. The van der Waals surface area contributed by atoms with Crippen LogP contribution >= 0.6 is 11.3 Å². The quantitative estimate of drug-likeness (QED) is 0.816. The first-order valence-corrected chi connectivity index (χ1v) is 6.94. The van der Waals surface area contributed by atoms with Gasteiger partial charge in [0.25, 0.3) is 0 Å². The Morgan fingerprint density at radius 3 is 2.38 bits per heavy atom.